The van der Waals surface area contributed by atoms with Gasteiger partial charge in [0.05, 0.1) is 5.54 Å². The van der Waals surface area contributed by atoms with Crippen LogP contribution in [0.5, 0.6) is 11.5 Å². The predicted octanol–water partition coefficient (Wildman–Crippen LogP) is 6.89. The monoisotopic (exact) mass is 518 g/mol. The lowest BCUT2D eigenvalue weighted by Gasteiger charge is -2.36. The Labute approximate surface area is 223 Å². The Bertz CT molecular complexity index is 1290. The van der Waals surface area contributed by atoms with Crippen molar-refractivity contribution >= 4 is 25.0 Å². The molecule has 0 unspecified atom stereocenters. The number of ether oxygens (including phenoxy) is 1. The van der Waals surface area contributed by atoms with E-state index in [0.717, 1.165) is 52.8 Å². The van der Waals surface area contributed by atoms with E-state index >= 15 is 0 Å². The zero-order valence-electron chi connectivity index (χ0n) is 23.7. The van der Waals surface area contributed by atoms with E-state index in [4.69, 9.17) is 9.16 Å². The van der Waals surface area contributed by atoms with Gasteiger partial charge in [0, 0.05) is 12.1 Å². The Morgan fingerprint density at radius 1 is 1.03 bits per heavy atom. The Kier molecular flexibility index (Phi) is 7.46. The van der Waals surface area contributed by atoms with Crippen molar-refractivity contribution in [1.82, 2.24) is 10.2 Å². The molecule has 0 heterocycles. The normalized spacial score (nSPS) is 15.1. The van der Waals surface area contributed by atoms with Crippen LogP contribution in [-0.2, 0) is 5.54 Å². The molecule has 1 saturated carbocycles. The van der Waals surface area contributed by atoms with Gasteiger partial charge < -0.3 is 19.4 Å². The maximum absolute atomic E-state index is 13.5. The van der Waals surface area contributed by atoms with Gasteiger partial charge in [-0.05, 0) is 98.2 Å². The second kappa shape index (κ2) is 10.1. The largest absolute Gasteiger partial charge is 0.543 e. The molecular weight excluding hydrogens is 476 g/mol. The molecule has 1 fully saturated rings. The Balaban J connectivity index is 1.60. The van der Waals surface area contributed by atoms with E-state index in [1.165, 1.54) is 0 Å². The number of fused-ring (bicyclic) bond motifs is 1. The van der Waals surface area contributed by atoms with Crippen molar-refractivity contribution in [1.29, 1.82) is 0 Å². The summed E-state index contributed by atoms with van der Waals surface area (Å²) in [5.74, 6) is 1.57. The first-order valence-electron chi connectivity index (χ1n) is 13.2. The van der Waals surface area contributed by atoms with E-state index < -0.39 is 8.32 Å². The number of likely N-dealkylation sites (N-methyl/N-ethyl adjacent to an activating group) is 1. The SMILES string of the molecule is Cc1ccc(OCCN(C)C)cc1C(=O)NC1(c2cccc3ccc(O[Si](C)(C)C(C)(C)C)cc23)CC1. The quantitative estimate of drug-likeness (QED) is 0.313. The summed E-state index contributed by atoms with van der Waals surface area (Å²) < 4.78 is 12.5. The average molecular weight is 519 g/mol. The van der Waals surface area contributed by atoms with Crippen LogP contribution in [0.15, 0.2) is 54.6 Å². The molecule has 0 atom stereocenters. The van der Waals surface area contributed by atoms with Gasteiger partial charge in [0.15, 0.2) is 0 Å². The van der Waals surface area contributed by atoms with Crippen LogP contribution in [0.25, 0.3) is 10.8 Å². The maximum Gasteiger partial charge on any atom is 0.252 e. The van der Waals surface area contributed by atoms with Gasteiger partial charge >= 0.3 is 0 Å². The minimum Gasteiger partial charge on any atom is -0.543 e. The number of nitrogens with zero attached hydrogens (tertiary/aromatic N) is 1. The summed E-state index contributed by atoms with van der Waals surface area (Å²) in [5, 5.41) is 5.82. The van der Waals surface area contributed by atoms with Crippen LogP contribution in [0.2, 0.25) is 18.1 Å². The van der Waals surface area contributed by atoms with E-state index in [-0.39, 0.29) is 16.5 Å². The molecule has 3 aromatic rings. The van der Waals surface area contributed by atoms with Crippen LogP contribution in [0, 0.1) is 6.92 Å². The lowest BCUT2D eigenvalue weighted by Crippen LogP contribution is -2.43. The molecule has 1 aliphatic rings. The standard InChI is InChI=1S/C31H42N2O3Si/c1-22-12-14-24(35-19-18-33(5)6)20-26(22)29(34)32-31(16-17-31)28-11-9-10-23-13-15-25(21-27(23)28)36-37(7,8)30(2,3)4/h9-15,20-21H,16-19H2,1-8H3,(H,32,34). The number of benzene rings is 3. The molecule has 0 radical (unpaired) electrons. The molecule has 0 spiro atoms. The highest BCUT2D eigenvalue weighted by molar-refractivity contribution is 6.74. The maximum atomic E-state index is 13.5. The van der Waals surface area contributed by atoms with Crippen molar-refractivity contribution in [2.45, 2.75) is 64.2 Å². The molecule has 198 valence electrons. The van der Waals surface area contributed by atoms with Crippen LogP contribution in [0.1, 0.15) is 55.1 Å². The van der Waals surface area contributed by atoms with Gasteiger partial charge in [-0.3, -0.25) is 4.79 Å². The Hall–Kier alpha value is -2.83. The van der Waals surface area contributed by atoms with E-state index in [1.807, 2.05) is 39.2 Å². The van der Waals surface area contributed by atoms with Gasteiger partial charge in [-0.15, -0.1) is 0 Å². The van der Waals surface area contributed by atoms with Crippen molar-refractivity contribution in [2.24, 2.45) is 0 Å². The molecule has 0 aromatic heterocycles. The fourth-order valence-corrected chi connectivity index (χ4v) is 5.36. The summed E-state index contributed by atoms with van der Waals surface area (Å²) in [5.41, 5.74) is 2.41. The second-order valence-electron chi connectivity index (χ2n) is 12.2. The predicted molar refractivity (Wildman–Crippen MR) is 155 cm³/mol. The summed E-state index contributed by atoms with van der Waals surface area (Å²) in [6, 6.07) is 18.5. The fraction of sp³-hybridized carbons (Fsp3) is 0.452. The van der Waals surface area contributed by atoms with Crippen molar-refractivity contribution in [3.8, 4) is 11.5 Å². The minimum atomic E-state index is -1.96. The van der Waals surface area contributed by atoms with Crippen molar-refractivity contribution in [3.05, 3.63) is 71.3 Å². The zero-order chi connectivity index (χ0) is 27.0. The Morgan fingerprint density at radius 3 is 2.38 bits per heavy atom. The molecule has 37 heavy (non-hydrogen) atoms. The van der Waals surface area contributed by atoms with E-state index in [1.54, 1.807) is 0 Å². The lowest BCUT2D eigenvalue weighted by molar-refractivity contribution is 0.0930. The number of carbonyl (C=O) groups excluding carboxylic acids is 1. The molecule has 5 nitrogen and oxygen atoms in total. The summed E-state index contributed by atoms with van der Waals surface area (Å²) in [4.78, 5) is 15.6. The van der Waals surface area contributed by atoms with E-state index in [2.05, 4.69) is 80.5 Å². The first-order chi connectivity index (χ1) is 17.3. The number of rotatable bonds is 9. The lowest BCUT2D eigenvalue weighted by atomic mass is 9.96. The second-order valence-corrected chi connectivity index (χ2v) is 16.9. The highest BCUT2D eigenvalue weighted by Gasteiger charge is 2.47. The van der Waals surface area contributed by atoms with Gasteiger partial charge in [0.2, 0.25) is 8.32 Å². The topological polar surface area (TPSA) is 50.8 Å². The van der Waals surface area contributed by atoms with Crippen LogP contribution >= 0.6 is 0 Å². The van der Waals surface area contributed by atoms with Crippen LogP contribution in [0.4, 0.5) is 0 Å². The molecular formula is C31H42N2O3Si. The van der Waals surface area contributed by atoms with E-state index in [0.29, 0.717) is 12.2 Å². The van der Waals surface area contributed by atoms with E-state index in [9.17, 15) is 4.79 Å². The highest BCUT2D eigenvalue weighted by Crippen LogP contribution is 2.49. The fourth-order valence-electron chi connectivity index (χ4n) is 4.33. The van der Waals surface area contributed by atoms with Crippen LogP contribution < -0.4 is 14.5 Å². The van der Waals surface area contributed by atoms with Gasteiger partial charge in [0.1, 0.15) is 18.1 Å². The van der Waals surface area contributed by atoms with Crippen molar-refractivity contribution in [3.63, 3.8) is 0 Å². The molecule has 0 saturated heterocycles. The molecule has 1 N–H and O–H groups in total. The number of amides is 1. The van der Waals surface area contributed by atoms with Crippen LogP contribution in [-0.4, -0.2) is 46.4 Å². The number of hydrogen-bond donors (Lipinski definition) is 1. The van der Waals surface area contributed by atoms with Crippen LogP contribution in [0.3, 0.4) is 0 Å². The summed E-state index contributed by atoms with van der Waals surface area (Å²) in [7, 11) is 2.07. The number of nitrogens with one attached hydrogen (secondary N) is 1. The third-order valence-electron chi connectivity index (χ3n) is 7.91. The molecule has 3 aromatic carbocycles. The number of carbonyl (C=O) groups is 1. The summed E-state index contributed by atoms with van der Waals surface area (Å²) >= 11 is 0. The van der Waals surface area contributed by atoms with Gasteiger partial charge in [-0.2, -0.15) is 0 Å². The first-order valence-corrected chi connectivity index (χ1v) is 16.2. The summed E-state index contributed by atoms with van der Waals surface area (Å²) in [6.45, 7) is 14.7. The van der Waals surface area contributed by atoms with Gasteiger partial charge in [-0.1, -0.05) is 51.1 Å². The molecule has 1 amide bonds. The Morgan fingerprint density at radius 2 is 1.73 bits per heavy atom. The molecule has 1 aliphatic carbocycles. The third-order valence-corrected chi connectivity index (χ3v) is 12.3. The number of aryl methyl sites for hydroxylation is 1. The molecule has 4 rings (SSSR count). The van der Waals surface area contributed by atoms with Crippen molar-refractivity contribution < 1.29 is 14.0 Å². The first kappa shape index (κ1) is 27.2. The summed E-state index contributed by atoms with van der Waals surface area (Å²) in [6.07, 6.45) is 1.84. The van der Waals surface area contributed by atoms with Crippen molar-refractivity contribution in [2.75, 3.05) is 27.2 Å². The molecule has 0 bridgehead atoms. The minimum absolute atomic E-state index is 0.0567. The zero-order valence-corrected chi connectivity index (χ0v) is 24.7. The number of hydrogen-bond acceptors (Lipinski definition) is 4. The average Bonchev–Trinajstić information content (AvgIpc) is 3.58. The smallest absolute Gasteiger partial charge is 0.252 e. The highest BCUT2D eigenvalue weighted by atomic mass is 28.4. The molecule has 0 aliphatic heterocycles. The molecule has 6 heteroatoms. The third kappa shape index (κ3) is 6.02. The van der Waals surface area contributed by atoms with Gasteiger partial charge in [-0.25, -0.2) is 0 Å². The van der Waals surface area contributed by atoms with Gasteiger partial charge in [0.25, 0.3) is 5.91 Å².